The topological polar surface area (TPSA) is 50.4 Å². The van der Waals surface area contributed by atoms with E-state index in [1.807, 2.05) is 6.92 Å². The first-order chi connectivity index (χ1) is 7.61. The van der Waals surface area contributed by atoms with Crippen molar-refractivity contribution < 1.29 is 9.53 Å². The third-order valence-electron chi connectivity index (χ3n) is 2.93. The molecule has 0 bridgehead atoms. The Hall–Kier alpha value is -0.610. The molecule has 1 aliphatic rings. The van der Waals surface area contributed by atoms with E-state index in [-0.39, 0.29) is 11.8 Å². The van der Waals surface area contributed by atoms with Gasteiger partial charge in [0.05, 0.1) is 6.61 Å². The maximum absolute atomic E-state index is 11.7. The fourth-order valence-corrected chi connectivity index (χ4v) is 1.61. The summed E-state index contributed by atoms with van der Waals surface area (Å²) in [5, 5.41) is 6.09. The number of ether oxygens (including phenoxy) is 1. The first-order valence-corrected chi connectivity index (χ1v) is 6.17. The maximum atomic E-state index is 11.7. The summed E-state index contributed by atoms with van der Waals surface area (Å²) in [6.07, 6.45) is 0. The molecule has 4 nitrogen and oxygen atoms in total. The Bertz CT molecular complexity index is 215. The lowest BCUT2D eigenvalue weighted by atomic mass is 9.88. The van der Waals surface area contributed by atoms with Gasteiger partial charge >= 0.3 is 0 Å². The van der Waals surface area contributed by atoms with Gasteiger partial charge in [-0.05, 0) is 24.9 Å². The quantitative estimate of drug-likeness (QED) is 0.628. The number of carbonyl (C=O) groups excluding carboxylic acids is 1. The molecule has 1 fully saturated rings. The lowest BCUT2D eigenvalue weighted by molar-refractivity contribution is -0.126. The van der Waals surface area contributed by atoms with Crippen molar-refractivity contribution in [3.63, 3.8) is 0 Å². The number of amides is 1. The zero-order valence-electron chi connectivity index (χ0n) is 10.6. The van der Waals surface area contributed by atoms with Crippen LogP contribution in [-0.4, -0.2) is 38.8 Å². The first kappa shape index (κ1) is 13.5. The minimum absolute atomic E-state index is 0.117. The summed E-state index contributed by atoms with van der Waals surface area (Å²) >= 11 is 0. The molecule has 16 heavy (non-hydrogen) atoms. The second-order valence-corrected chi connectivity index (χ2v) is 4.97. The standard InChI is InChI=1S/C12H24N2O2/c1-9(2)8-16-5-4-14-12(15)10(3)11-6-13-7-11/h9-11,13H,4-8H2,1-3H3,(H,14,15). The molecule has 0 spiro atoms. The molecule has 4 heteroatoms. The van der Waals surface area contributed by atoms with Crippen molar-refractivity contribution in [3.8, 4) is 0 Å². The molecule has 1 saturated heterocycles. The highest BCUT2D eigenvalue weighted by molar-refractivity contribution is 5.78. The number of rotatable bonds is 7. The van der Waals surface area contributed by atoms with Crippen molar-refractivity contribution in [1.82, 2.24) is 10.6 Å². The number of hydrogen-bond donors (Lipinski definition) is 2. The zero-order valence-corrected chi connectivity index (χ0v) is 10.6. The first-order valence-electron chi connectivity index (χ1n) is 6.17. The number of carbonyl (C=O) groups is 1. The van der Waals surface area contributed by atoms with E-state index in [1.165, 1.54) is 0 Å². The van der Waals surface area contributed by atoms with Gasteiger partial charge in [0.25, 0.3) is 0 Å². The van der Waals surface area contributed by atoms with Crippen LogP contribution in [0.4, 0.5) is 0 Å². The van der Waals surface area contributed by atoms with E-state index in [0.717, 1.165) is 19.7 Å². The average molecular weight is 228 g/mol. The summed E-state index contributed by atoms with van der Waals surface area (Å²) in [4.78, 5) is 11.7. The Morgan fingerprint density at radius 1 is 1.44 bits per heavy atom. The van der Waals surface area contributed by atoms with E-state index < -0.39 is 0 Å². The van der Waals surface area contributed by atoms with Crippen LogP contribution in [0, 0.1) is 17.8 Å². The highest BCUT2D eigenvalue weighted by atomic mass is 16.5. The van der Waals surface area contributed by atoms with Gasteiger partial charge in [0.1, 0.15) is 0 Å². The molecule has 2 N–H and O–H groups in total. The van der Waals surface area contributed by atoms with Crippen molar-refractivity contribution >= 4 is 5.91 Å². The molecular weight excluding hydrogens is 204 g/mol. The van der Waals surface area contributed by atoms with Gasteiger partial charge < -0.3 is 15.4 Å². The fourth-order valence-electron chi connectivity index (χ4n) is 1.61. The van der Waals surface area contributed by atoms with Crippen LogP contribution in [0.25, 0.3) is 0 Å². The molecule has 0 aromatic carbocycles. The predicted molar refractivity (Wildman–Crippen MR) is 64.2 cm³/mol. The van der Waals surface area contributed by atoms with Crippen LogP contribution in [0.1, 0.15) is 20.8 Å². The van der Waals surface area contributed by atoms with Gasteiger partial charge in [-0.15, -0.1) is 0 Å². The summed E-state index contributed by atoms with van der Waals surface area (Å²) in [7, 11) is 0. The van der Waals surface area contributed by atoms with Crippen molar-refractivity contribution in [1.29, 1.82) is 0 Å². The third kappa shape index (κ3) is 4.49. The number of nitrogens with one attached hydrogen (secondary N) is 2. The third-order valence-corrected chi connectivity index (χ3v) is 2.93. The summed E-state index contributed by atoms with van der Waals surface area (Å²) in [5.41, 5.74) is 0. The van der Waals surface area contributed by atoms with Crippen molar-refractivity contribution in [2.45, 2.75) is 20.8 Å². The molecule has 1 unspecified atom stereocenters. The Morgan fingerprint density at radius 2 is 2.12 bits per heavy atom. The van der Waals surface area contributed by atoms with Gasteiger partial charge in [0, 0.05) is 19.1 Å². The van der Waals surface area contributed by atoms with Crippen LogP contribution in [0.2, 0.25) is 0 Å². The van der Waals surface area contributed by atoms with Crippen LogP contribution in [0.15, 0.2) is 0 Å². The Labute approximate surface area is 98.1 Å². The molecular formula is C12H24N2O2. The van der Waals surface area contributed by atoms with Crippen LogP contribution in [0.5, 0.6) is 0 Å². The lowest BCUT2D eigenvalue weighted by Gasteiger charge is -2.31. The lowest BCUT2D eigenvalue weighted by Crippen LogP contribution is -2.49. The molecule has 94 valence electrons. The monoisotopic (exact) mass is 228 g/mol. The highest BCUT2D eigenvalue weighted by Gasteiger charge is 2.28. The average Bonchev–Trinajstić information content (AvgIpc) is 2.13. The van der Waals surface area contributed by atoms with Gasteiger partial charge in [0.2, 0.25) is 5.91 Å². The van der Waals surface area contributed by atoms with Crippen LogP contribution < -0.4 is 10.6 Å². The minimum atomic E-state index is 0.117. The van der Waals surface area contributed by atoms with Crippen LogP contribution >= 0.6 is 0 Å². The molecule has 1 atom stereocenters. The van der Waals surface area contributed by atoms with E-state index in [4.69, 9.17) is 4.74 Å². The summed E-state index contributed by atoms with van der Waals surface area (Å²) in [5.74, 6) is 1.33. The van der Waals surface area contributed by atoms with E-state index in [2.05, 4.69) is 24.5 Å². The van der Waals surface area contributed by atoms with Gasteiger partial charge in [-0.3, -0.25) is 4.79 Å². The molecule has 1 heterocycles. The molecule has 1 rings (SSSR count). The molecule has 0 aromatic heterocycles. The molecule has 0 radical (unpaired) electrons. The SMILES string of the molecule is CC(C)COCCNC(=O)C(C)C1CNC1. The Balaban J connectivity index is 2.01. The largest absolute Gasteiger partial charge is 0.379 e. The van der Waals surface area contributed by atoms with E-state index in [0.29, 0.717) is 25.0 Å². The molecule has 0 aliphatic carbocycles. The second-order valence-electron chi connectivity index (χ2n) is 4.97. The van der Waals surface area contributed by atoms with Gasteiger partial charge in [-0.25, -0.2) is 0 Å². The minimum Gasteiger partial charge on any atom is -0.379 e. The number of hydrogen-bond acceptors (Lipinski definition) is 3. The van der Waals surface area contributed by atoms with Crippen LogP contribution in [0.3, 0.4) is 0 Å². The summed E-state index contributed by atoms with van der Waals surface area (Å²) in [6, 6.07) is 0. The Morgan fingerprint density at radius 3 is 2.62 bits per heavy atom. The molecule has 0 aromatic rings. The molecule has 1 amide bonds. The van der Waals surface area contributed by atoms with Crippen LogP contribution in [-0.2, 0) is 9.53 Å². The second kappa shape index (κ2) is 6.86. The smallest absolute Gasteiger partial charge is 0.223 e. The van der Waals surface area contributed by atoms with Gasteiger partial charge in [-0.1, -0.05) is 20.8 Å². The summed E-state index contributed by atoms with van der Waals surface area (Å²) < 4.78 is 5.40. The fraction of sp³-hybridized carbons (Fsp3) is 0.917. The Kier molecular flexibility index (Phi) is 5.77. The van der Waals surface area contributed by atoms with Crippen molar-refractivity contribution in [2.24, 2.45) is 17.8 Å². The molecule has 0 saturated carbocycles. The van der Waals surface area contributed by atoms with E-state index >= 15 is 0 Å². The highest BCUT2D eigenvalue weighted by Crippen LogP contribution is 2.15. The summed E-state index contributed by atoms with van der Waals surface area (Å²) in [6.45, 7) is 10.2. The zero-order chi connectivity index (χ0) is 12.0. The normalized spacial score (nSPS) is 18.2. The predicted octanol–water partition coefficient (Wildman–Crippen LogP) is 0.631. The maximum Gasteiger partial charge on any atom is 0.223 e. The van der Waals surface area contributed by atoms with Crippen molar-refractivity contribution in [2.75, 3.05) is 32.8 Å². The molecule has 1 aliphatic heterocycles. The van der Waals surface area contributed by atoms with Gasteiger partial charge in [-0.2, -0.15) is 0 Å². The van der Waals surface area contributed by atoms with Gasteiger partial charge in [0.15, 0.2) is 0 Å². The van der Waals surface area contributed by atoms with E-state index in [9.17, 15) is 4.79 Å². The van der Waals surface area contributed by atoms with Crippen molar-refractivity contribution in [3.05, 3.63) is 0 Å². The van der Waals surface area contributed by atoms with E-state index in [1.54, 1.807) is 0 Å².